The van der Waals surface area contributed by atoms with Crippen LogP contribution in [0, 0.1) is 0 Å². The van der Waals surface area contributed by atoms with E-state index in [0.29, 0.717) is 24.6 Å². The fourth-order valence-electron chi connectivity index (χ4n) is 2.21. The van der Waals surface area contributed by atoms with Crippen molar-refractivity contribution in [2.75, 3.05) is 32.0 Å². The average Bonchev–Trinajstić information content (AvgIpc) is 2.39. The Morgan fingerprint density at radius 3 is 2.72 bits per heavy atom. The average molecular weight is 249 g/mol. The second kappa shape index (κ2) is 5.04. The lowest BCUT2D eigenvalue weighted by atomic mass is 9.91. The molecular weight excluding hydrogens is 230 g/mol. The number of ether oxygens (including phenoxy) is 1. The molecule has 0 spiro atoms. The zero-order chi connectivity index (χ0) is 13.2. The Balaban J connectivity index is 2.24. The summed E-state index contributed by atoms with van der Waals surface area (Å²) in [6.07, 6.45) is 1.59. The van der Waals surface area contributed by atoms with Crippen LogP contribution in [0.3, 0.4) is 0 Å². The van der Waals surface area contributed by atoms with Gasteiger partial charge in [-0.1, -0.05) is 0 Å². The molecule has 1 fully saturated rings. The summed E-state index contributed by atoms with van der Waals surface area (Å²) in [6, 6.07) is 3.46. The monoisotopic (exact) mass is 249 g/mol. The minimum Gasteiger partial charge on any atom is -0.383 e. The molecule has 1 saturated heterocycles. The maximum absolute atomic E-state index is 12.6. The van der Waals surface area contributed by atoms with Crippen molar-refractivity contribution in [1.82, 2.24) is 9.88 Å². The summed E-state index contributed by atoms with van der Waals surface area (Å²) >= 11 is 0. The molecule has 1 aliphatic heterocycles. The largest absolute Gasteiger partial charge is 0.383 e. The van der Waals surface area contributed by atoms with Crippen molar-refractivity contribution < 1.29 is 9.53 Å². The van der Waals surface area contributed by atoms with Gasteiger partial charge >= 0.3 is 0 Å². The van der Waals surface area contributed by atoms with Crippen molar-refractivity contribution in [3.05, 3.63) is 23.9 Å². The van der Waals surface area contributed by atoms with Crippen molar-refractivity contribution in [1.29, 1.82) is 0 Å². The van der Waals surface area contributed by atoms with Crippen molar-refractivity contribution in [3.8, 4) is 0 Å². The molecule has 0 radical (unpaired) electrons. The van der Waals surface area contributed by atoms with Crippen LogP contribution in [0.5, 0.6) is 0 Å². The van der Waals surface area contributed by atoms with Crippen molar-refractivity contribution in [3.63, 3.8) is 0 Å². The second-order valence-electron chi connectivity index (χ2n) is 4.92. The Morgan fingerprint density at radius 1 is 1.44 bits per heavy atom. The van der Waals surface area contributed by atoms with E-state index in [1.807, 2.05) is 13.8 Å². The highest BCUT2D eigenvalue weighted by Crippen LogP contribution is 2.23. The Morgan fingerprint density at radius 2 is 2.11 bits per heavy atom. The number of pyridine rings is 1. The molecule has 0 atom stereocenters. The maximum Gasteiger partial charge on any atom is 0.186 e. The number of carbonyl (C=O) groups is 1. The number of anilines is 1. The predicted octanol–water partition coefficient (Wildman–Crippen LogP) is 0.957. The molecule has 0 bridgehead atoms. The molecule has 98 valence electrons. The van der Waals surface area contributed by atoms with Gasteiger partial charge in [0.05, 0.1) is 24.3 Å². The van der Waals surface area contributed by atoms with Gasteiger partial charge in [-0.25, -0.2) is 4.98 Å². The zero-order valence-electron chi connectivity index (χ0n) is 10.8. The number of nitrogen functional groups attached to an aromatic ring is 1. The number of aromatic nitrogens is 1. The SMILES string of the molecule is CC(C)(C(=O)c1cccnc1N)N1CCOCC1. The molecule has 1 aliphatic rings. The number of hydrogen-bond acceptors (Lipinski definition) is 5. The number of hydrogen-bond donors (Lipinski definition) is 1. The third-order valence-electron chi connectivity index (χ3n) is 3.44. The van der Waals surface area contributed by atoms with E-state index >= 15 is 0 Å². The van der Waals surface area contributed by atoms with Crippen LogP contribution in [0.15, 0.2) is 18.3 Å². The highest BCUT2D eigenvalue weighted by molar-refractivity contribution is 6.05. The lowest BCUT2D eigenvalue weighted by Crippen LogP contribution is -2.54. The number of nitrogens with zero attached hydrogens (tertiary/aromatic N) is 2. The first kappa shape index (κ1) is 13.0. The molecule has 0 saturated carbocycles. The fraction of sp³-hybridized carbons (Fsp3) is 0.538. The van der Waals surface area contributed by atoms with Gasteiger partial charge in [0.2, 0.25) is 0 Å². The molecule has 0 amide bonds. The Bertz CT molecular complexity index is 440. The molecule has 0 aliphatic carbocycles. The number of Topliss-reactive ketones (excluding diaryl/α,β-unsaturated/α-hetero) is 1. The molecule has 5 heteroatoms. The molecule has 1 aromatic rings. The van der Waals surface area contributed by atoms with E-state index in [-0.39, 0.29) is 5.78 Å². The van der Waals surface area contributed by atoms with E-state index in [9.17, 15) is 4.79 Å². The molecule has 1 aromatic heterocycles. The van der Waals surface area contributed by atoms with E-state index in [1.165, 1.54) is 0 Å². The second-order valence-corrected chi connectivity index (χ2v) is 4.92. The van der Waals surface area contributed by atoms with Crippen molar-refractivity contribution in [2.24, 2.45) is 0 Å². The van der Waals surface area contributed by atoms with Crippen LogP contribution in [0.4, 0.5) is 5.82 Å². The highest BCUT2D eigenvalue weighted by atomic mass is 16.5. The Kier molecular flexibility index (Phi) is 3.63. The van der Waals surface area contributed by atoms with Crippen LogP contribution < -0.4 is 5.73 Å². The van der Waals surface area contributed by atoms with Crippen LogP contribution in [0.25, 0.3) is 0 Å². The molecular formula is C13H19N3O2. The standard InChI is InChI=1S/C13H19N3O2/c1-13(2,16-6-8-18-9-7-16)11(17)10-4-3-5-15-12(10)14/h3-5H,6-9H2,1-2H3,(H2,14,15). The van der Waals surface area contributed by atoms with Crippen LogP contribution in [-0.2, 0) is 4.74 Å². The van der Waals surface area contributed by atoms with Gasteiger partial charge in [-0.2, -0.15) is 0 Å². The molecule has 18 heavy (non-hydrogen) atoms. The quantitative estimate of drug-likeness (QED) is 0.808. The van der Waals surface area contributed by atoms with Gasteiger partial charge in [-0.05, 0) is 26.0 Å². The first-order valence-corrected chi connectivity index (χ1v) is 6.11. The molecule has 0 aromatic carbocycles. The number of carbonyl (C=O) groups excluding carboxylic acids is 1. The summed E-state index contributed by atoms with van der Waals surface area (Å²) in [4.78, 5) is 18.7. The third kappa shape index (κ3) is 2.37. The van der Waals surface area contributed by atoms with E-state index in [0.717, 1.165) is 13.1 Å². The fourth-order valence-corrected chi connectivity index (χ4v) is 2.21. The van der Waals surface area contributed by atoms with Gasteiger partial charge in [0, 0.05) is 19.3 Å². The van der Waals surface area contributed by atoms with Gasteiger partial charge in [0.1, 0.15) is 5.82 Å². The minimum atomic E-state index is -0.582. The maximum atomic E-state index is 12.6. The van der Waals surface area contributed by atoms with Crippen molar-refractivity contribution >= 4 is 11.6 Å². The third-order valence-corrected chi connectivity index (χ3v) is 3.44. The lowest BCUT2D eigenvalue weighted by molar-refractivity contribution is -0.00427. The van der Waals surface area contributed by atoms with Crippen LogP contribution in [-0.4, -0.2) is 47.5 Å². The first-order chi connectivity index (χ1) is 8.53. The number of rotatable bonds is 3. The van der Waals surface area contributed by atoms with Gasteiger partial charge in [-0.3, -0.25) is 9.69 Å². The zero-order valence-corrected chi connectivity index (χ0v) is 10.8. The van der Waals surface area contributed by atoms with Crippen LogP contribution >= 0.6 is 0 Å². The lowest BCUT2D eigenvalue weighted by Gasteiger charge is -2.39. The minimum absolute atomic E-state index is 0.00926. The summed E-state index contributed by atoms with van der Waals surface area (Å²) in [5, 5.41) is 0. The van der Waals surface area contributed by atoms with E-state index in [1.54, 1.807) is 18.3 Å². The normalized spacial score (nSPS) is 17.7. The first-order valence-electron chi connectivity index (χ1n) is 6.11. The van der Waals surface area contributed by atoms with E-state index in [4.69, 9.17) is 10.5 Å². The highest BCUT2D eigenvalue weighted by Gasteiger charge is 2.36. The molecule has 2 N–H and O–H groups in total. The van der Waals surface area contributed by atoms with Gasteiger partial charge < -0.3 is 10.5 Å². The summed E-state index contributed by atoms with van der Waals surface area (Å²) in [6.45, 7) is 6.70. The summed E-state index contributed by atoms with van der Waals surface area (Å²) < 4.78 is 5.31. The topological polar surface area (TPSA) is 68.5 Å². The number of morpholine rings is 1. The molecule has 2 heterocycles. The van der Waals surface area contributed by atoms with E-state index < -0.39 is 5.54 Å². The molecule has 5 nitrogen and oxygen atoms in total. The number of ketones is 1. The Hall–Kier alpha value is -1.46. The van der Waals surface area contributed by atoms with Crippen molar-refractivity contribution in [2.45, 2.75) is 19.4 Å². The molecule has 2 rings (SSSR count). The van der Waals surface area contributed by atoms with Gasteiger partial charge in [-0.15, -0.1) is 0 Å². The smallest absolute Gasteiger partial charge is 0.186 e. The molecule has 0 unspecified atom stereocenters. The van der Waals surface area contributed by atoms with E-state index in [2.05, 4.69) is 9.88 Å². The summed E-state index contributed by atoms with van der Waals surface area (Å²) in [5.74, 6) is 0.304. The number of nitrogens with two attached hydrogens (primary N) is 1. The van der Waals surface area contributed by atoms with Crippen LogP contribution in [0.2, 0.25) is 0 Å². The van der Waals surface area contributed by atoms with Gasteiger partial charge in [0.15, 0.2) is 5.78 Å². The van der Waals surface area contributed by atoms with Crippen LogP contribution in [0.1, 0.15) is 24.2 Å². The summed E-state index contributed by atoms with van der Waals surface area (Å²) in [5.41, 5.74) is 5.68. The van der Waals surface area contributed by atoms with Gasteiger partial charge in [0.25, 0.3) is 0 Å². The Labute approximate surface area is 107 Å². The predicted molar refractivity (Wildman–Crippen MR) is 69.5 cm³/mol. The summed E-state index contributed by atoms with van der Waals surface area (Å²) in [7, 11) is 0.